The lowest BCUT2D eigenvalue weighted by Gasteiger charge is -2.22. The number of anilines is 4. The van der Waals surface area contributed by atoms with Crippen LogP contribution in [0.5, 0.6) is 11.5 Å². The highest BCUT2D eigenvalue weighted by atomic mass is 19.4. The van der Waals surface area contributed by atoms with Crippen LogP contribution in [-0.4, -0.2) is 46.8 Å². The van der Waals surface area contributed by atoms with Gasteiger partial charge in [-0.15, -0.1) is 0 Å². The molecule has 3 aromatic carbocycles. The van der Waals surface area contributed by atoms with E-state index in [4.69, 9.17) is 30.8 Å². The summed E-state index contributed by atoms with van der Waals surface area (Å²) in [5.74, 6) is -1.66. The molecule has 0 fully saturated rings. The number of hydrogen-bond donors (Lipinski definition) is 6. The van der Waals surface area contributed by atoms with E-state index in [1.807, 2.05) is 63.2 Å². The number of carbonyl (C=O) groups is 3. The number of fused-ring (bicyclic) bond motifs is 1. The van der Waals surface area contributed by atoms with Crippen molar-refractivity contribution in [2.45, 2.75) is 52.6 Å². The highest BCUT2D eigenvalue weighted by molar-refractivity contribution is 5.94. The van der Waals surface area contributed by atoms with Crippen LogP contribution < -0.4 is 36.9 Å². The summed E-state index contributed by atoms with van der Waals surface area (Å²) in [6, 6.07) is 17.4. The number of halogens is 3. The number of amides is 2. The third-order valence-corrected chi connectivity index (χ3v) is 6.38. The summed E-state index contributed by atoms with van der Waals surface area (Å²) in [5.41, 5.74) is 15.2. The summed E-state index contributed by atoms with van der Waals surface area (Å²) in [6.45, 7) is 7.83. The molecule has 8 N–H and O–H groups in total. The van der Waals surface area contributed by atoms with E-state index in [-0.39, 0.29) is 24.5 Å². The standard InChI is InChI=1S/C31H36N6O4.C2HF3O2/c1-5-40-28-15-22(6-9-27(28)41-18(2)3)29(37-24-7-8-26-21(14-24)10-11-34-30(26)33)31(39)35-17-20-12-23(32)16-25(13-20)36-19(4)38;3-2(4,5)1(6)7/h6-16,18,29,37H,5,17,32H2,1-4H3,(H2,33,34)(H,35,39)(H,36,38);(H,6,7)/t29-;/m1./s1. The Kier molecular flexibility index (Phi) is 12.4. The van der Waals surface area contributed by atoms with Crippen LogP contribution in [0.3, 0.4) is 0 Å². The molecule has 0 bridgehead atoms. The molecule has 15 heteroatoms. The summed E-state index contributed by atoms with van der Waals surface area (Å²) in [5, 5.41) is 17.9. The lowest BCUT2D eigenvalue weighted by atomic mass is 10.0. The first-order chi connectivity index (χ1) is 22.6. The number of carbonyl (C=O) groups excluding carboxylic acids is 2. The topological polar surface area (TPSA) is 191 Å². The zero-order chi connectivity index (χ0) is 35.6. The number of nitrogens with one attached hydrogen (secondary N) is 3. The Hall–Kier alpha value is -5.73. The van der Waals surface area contributed by atoms with Gasteiger partial charge >= 0.3 is 12.1 Å². The van der Waals surface area contributed by atoms with E-state index in [2.05, 4.69) is 20.9 Å². The van der Waals surface area contributed by atoms with Crippen molar-refractivity contribution in [2.75, 3.05) is 28.7 Å². The fraction of sp³-hybridized carbons (Fsp3) is 0.273. The molecule has 4 rings (SSSR count). The number of carboxylic acid groups (broad SMARTS) is 1. The van der Waals surface area contributed by atoms with Gasteiger partial charge in [-0.2, -0.15) is 13.2 Å². The Morgan fingerprint density at radius 3 is 2.29 bits per heavy atom. The Labute approximate surface area is 274 Å². The number of aliphatic carboxylic acids is 1. The molecule has 0 aliphatic rings. The van der Waals surface area contributed by atoms with Crippen LogP contribution in [0.2, 0.25) is 0 Å². The molecular weight excluding hydrogens is 633 g/mol. The monoisotopic (exact) mass is 670 g/mol. The largest absolute Gasteiger partial charge is 0.490 e. The number of aromatic nitrogens is 1. The Bertz CT molecular complexity index is 1770. The van der Waals surface area contributed by atoms with Gasteiger partial charge in [0, 0.05) is 42.1 Å². The van der Waals surface area contributed by atoms with E-state index in [1.165, 1.54) is 6.92 Å². The molecule has 0 radical (unpaired) electrons. The minimum absolute atomic E-state index is 0.0440. The van der Waals surface area contributed by atoms with Gasteiger partial charge in [-0.05, 0) is 91.9 Å². The Morgan fingerprint density at radius 1 is 0.958 bits per heavy atom. The van der Waals surface area contributed by atoms with Gasteiger partial charge in [-0.1, -0.05) is 6.07 Å². The van der Waals surface area contributed by atoms with Crippen molar-refractivity contribution in [2.24, 2.45) is 0 Å². The maximum absolute atomic E-state index is 13.7. The molecule has 48 heavy (non-hydrogen) atoms. The number of benzene rings is 3. The normalized spacial score (nSPS) is 11.6. The summed E-state index contributed by atoms with van der Waals surface area (Å²) < 4.78 is 43.5. The highest BCUT2D eigenvalue weighted by Gasteiger charge is 2.38. The SMILES string of the molecule is CCOc1cc([C@@H](Nc2ccc3c(N)nccc3c2)C(=O)NCc2cc(N)cc(NC(C)=O)c2)ccc1OC(C)C.O=C(O)C(F)(F)F. The van der Waals surface area contributed by atoms with Gasteiger partial charge in [0.1, 0.15) is 11.9 Å². The molecule has 0 unspecified atom stereocenters. The summed E-state index contributed by atoms with van der Waals surface area (Å²) in [7, 11) is 0. The smallest absolute Gasteiger partial charge is 0.490 e. The molecule has 1 heterocycles. The van der Waals surface area contributed by atoms with Crippen LogP contribution in [-0.2, 0) is 20.9 Å². The summed E-state index contributed by atoms with van der Waals surface area (Å²) >= 11 is 0. The number of nitrogens with two attached hydrogens (primary N) is 2. The number of ether oxygens (including phenoxy) is 2. The van der Waals surface area contributed by atoms with Crippen LogP contribution in [0.1, 0.15) is 44.9 Å². The van der Waals surface area contributed by atoms with Gasteiger partial charge in [0.05, 0.1) is 12.7 Å². The maximum Gasteiger partial charge on any atom is 0.490 e. The van der Waals surface area contributed by atoms with Crippen LogP contribution >= 0.6 is 0 Å². The first-order valence-corrected chi connectivity index (χ1v) is 14.7. The molecule has 0 spiro atoms. The lowest BCUT2D eigenvalue weighted by molar-refractivity contribution is -0.192. The molecule has 0 saturated heterocycles. The molecule has 0 aliphatic carbocycles. The second-order valence-electron chi connectivity index (χ2n) is 10.7. The average Bonchev–Trinajstić information content (AvgIpc) is 2.99. The number of rotatable bonds is 11. The fourth-order valence-electron chi connectivity index (χ4n) is 4.47. The number of nitrogens with zero attached hydrogens (tertiary/aromatic N) is 1. The highest BCUT2D eigenvalue weighted by Crippen LogP contribution is 2.33. The van der Waals surface area contributed by atoms with E-state index < -0.39 is 18.2 Å². The zero-order valence-corrected chi connectivity index (χ0v) is 26.6. The number of pyridine rings is 1. The average molecular weight is 671 g/mol. The van der Waals surface area contributed by atoms with E-state index in [0.717, 1.165) is 22.0 Å². The van der Waals surface area contributed by atoms with Crippen LogP contribution in [0.15, 0.2) is 66.9 Å². The quantitative estimate of drug-likeness (QED) is 0.109. The number of alkyl halides is 3. The Balaban J connectivity index is 0.000000804. The van der Waals surface area contributed by atoms with Crippen molar-refractivity contribution in [3.05, 3.63) is 78.0 Å². The van der Waals surface area contributed by atoms with Crippen molar-refractivity contribution in [1.82, 2.24) is 10.3 Å². The Morgan fingerprint density at radius 2 is 1.67 bits per heavy atom. The first-order valence-electron chi connectivity index (χ1n) is 14.7. The molecule has 256 valence electrons. The molecule has 2 amide bonds. The fourth-order valence-corrected chi connectivity index (χ4v) is 4.47. The predicted octanol–water partition coefficient (Wildman–Crippen LogP) is 5.65. The van der Waals surface area contributed by atoms with E-state index in [1.54, 1.807) is 24.4 Å². The van der Waals surface area contributed by atoms with Gasteiger partial charge in [-0.25, -0.2) is 9.78 Å². The molecule has 0 saturated carbocycles. The number of carboxylic acids is 1. The van der Waals surface area contributed by atoms with E-state index >= 15 is 0 Å². The van der Waals surface area contributed by atoms with E-state index in [0.29, 0.717) is 40.9 Å². The molecule has 1 atom stereocenters. The third kappa shape index (κ3) is 10.7. The molecule has 12 nitrogen and oxygen atoms in total. The van der Waals surface area contributed by atoms with Crippen molar-refractivity contribution in [3.63, 3.8) is 0 Å². The maximum atomic E-state index is 13.7. The molecule has 1 aromatic heterocycles. The predicted molar refractivity (Wildman–Crippen MR) is 177 cm³/mol. The molecular formula is C33H37F3N6O6. The van der Waals surface area contributed by atoms with Gasteiger partial charge in [0.2, 0.25) is 11.8 Å². The van der Waals surface area contributed by atoms with Crippen molar-refractivity contribution < 1.29 is 42.1 Å². The molecule has 0 aliphatic heterocycles. The summed E-state index contributed by atoms with van der Waals surface area (Å²) in [6.07, 6.45) is -3.48. The second-order valence-corrected chi connectivity index (χ2v) is 10.7. The van der Waals surface area contributed by atoms with Crippen molar-refractivity contribution in [3.8, 4) is 11.5 Å². The molecule has 4 aromatic rings. The first kappa shape index (κ1) is 36.7. The van der Waals surface area contributed by atoms with Crippen LogP contribution in [0.4, 0.5) is 36.1 Å². The third-order valence-electron chi connectivity index (χ3n) is 6.38. The minimum Gasteiger partial charge on any atom is -0.490 e. The van der Waals surface area contributed by atoms with Crippen LogP contribution in [0, 0.1) is 0 Å². The van der Waals surface area contributed by atoms with Gasteiger partial charge in [0.25, 0.3) is 0 Å². The van der Waals surface area contributed by atoms with Gasteiger partial charge in [-0.3, -0.25) is 9.59 Å². The number of nitrogen functional groups attached to an aromatic ring is 2. The summed E-state index contributed by atoms with van der Waals surface area (Å²) in [4.78, 5) is 38.3. The van der Waals surface area contributed by atoms with E-state index in [9.17, 15) is 22.8 Å². The van der Waals surface area contributed by atoms with Crippen molar-refractivity contribution >= 4 is 51.4 Å². The minimum atomic E-state index is -5.08. The lowest BCUT2D eigenvalue weighted by Crippen LogP contribution is -2.33. The second kappa shape index (κ2) is 16.2. The van der Waals surface area contributed by atoms with Gasteiger partial charge in [0.15, 0.2) is 11.5 Å². The number of hydrogen-bond acceptors (Lipinski definition) is 9. The van der Waals surface area contributed by atoms with Crippen LogP contribution in [0.25, 0.3) is 10.8 Å². The van der Waals surface area contributed by atoms with Gasteiger partial charge < -0.3 is 42.0 Å². The van der Waals surface area contributed by atoms with Crippen molar-refractivity contribution in [1.29, 1.82) is 0 Å². The zero-order valence-electron chi connectivity index (χ0n) is 26.6.